The Kier molecular flexibility index (Phi) is 11.6. The molecule has 0 aromatic heterocycles. The van der Waals surface area contributed by atoms with Crippen molar-refractivity contribution in [3.8, 4) is 0 Å². The summed E-state index contributed by atoms with van der Waals surface area (Å²) in [6.07, 6.45) is 10.2. The fourth-order valence-corrected chi connectivity index (χ4v) is 16.6. The quantitative estimate of drug-likeness (QED) is 0.143. The van der Waals surface area contributed by atoms with E-state index in [1.54, 1.807) is 7.11 Å². The van der Waals surface area contributed by atoms with Crippen molar-refractivity contribution in [1.29, 1.82) is 0 Å². The summed E-state index contributed by atoms with van der Waals surface area (Å²) < 4.78 is 24.4. The maximum atomic E-state index is 13.7. The highest BCUT2D eigenvalue weighted by atomic mass is 28.4. The number of hydrogen-bond donors (Lipinski definition) is 0. The summed E-state index contributed by atoms with van der Waals surface area (Å²) in [4.78, 5) is 13.7. The first-order valence-electron chi connectivity index (χ1n) is 17.8. The molecule has 3 saturated carbocycles. The first-order valence-corrected chi connectivity index (χ1v) is 19.9. The molecular weight excluding hydrogens is 552 g/mol. The molecule has 4 aliphatic rings. The molecule has 43 heavy (non-hydrogen) atoms. The summed E-state index contributed by atoms with van der Waals surface area (Å²) in [5, 5.41) is 0. The average Bonchev–Trinajstić information content (AvgIpc) is 3.29. The van der Waals surface area contributed by atoms with Gasteiger partial charge in [-0.25, -0.2) is 0 Å². The van der Waals surface area contributed by atoms with Crippen LogP contribution in [0.4, 0.5) is 0 Å². The van der Waals surface area contributed by atoms with E-state index in [0.717, 1.165) is 39.1 Å². The van der Waals surface area contributed by atoms with Crippen LogP contribution < -0.4 is 0 Å². The monoisotopic (exact) mass is 618 g/mol. The number of hydrogen-bond acceptors (Lipinski definition) is 5. The lowest BCUT2D eigenvalue weighted by molar-refractivity contribution is -0.142. The summed E-state index contributed by atoms with van der Waals surface area (Å²) in [6.45, 7) is 26.6. The van der Waals surface area contributed by atoms with Crippen LogP contribution in [0, 0.1) is 46.3 Å². The van der Waals surface area contributed by atoms with Gasteiger partial charge in [-0.15, -0.1) is 0 Å². The van der Waals surface area contributed by atoms with E-state index in [4.69, 9.17) is 18.6 Å². The minimum Gasteiger partial charge on any atom is -0.416 e. The zero-order valence-corrected chi connectivity index (χ0v) is 30.7. The molecule has 0 spiro atoms. The Morgan fingerprint density at radius 2 is 1.44 bits per heavy atom. The van der Waals surface area contributed by atoms with E-state index < -0.39 is 8.32 Å². The van der Waals surface area contributed by atoms with E-state index in [9.17, 15) is 4.79 Å². The van der Waals surface area contributed by atoms with Gasteiger partial charge in [0.05, 0.1) is 12.7 Å². The summed E-state index contributed by atoms with van der Waals surface area (Å²) in [5.41, 5.74) is 3.67. The highest BCUT2D eigenvalue weighted by Crippen LogP contribution is 2.66. The molecule has 3 fully saturated rings. The molecule has 0 amide bonds. The van der Waals surface area contributed by atoms with E-state index in [2.05, 4.69) is 75.3 Å². The second-order valence-corrected chi connectivity index (χ2v) is 22.1. The van der Waals surface area contributed by atoms with Crippen LogP contribution in [0.2, 0.25) is 16.6 Å². The SMILES string of the molecule is COCOC1CC[C@]2(C)C3CC[C@]4(C)C([C@H](C)COCC(C)CO[Si](C(C)C)(C(C)C)C(C)C)CC[C@H]4C3=CC(=O)[C@H]2C1. The van der Waals surface area contributed by atoms with Crippen LogP contribution in [0.15, 0.2) is 11.6 Å². The van der Waals surface area contributed by atoms with Crippen molar-refractivity contribution in [2.24, 2.45) is 46.3 Å². The van der Waals surface area contributed by atoms with Crippen LogP contribution in [0.25, 0.3) is 0 Å². The summed E-state index contributed by atoms with van der Waals surface area (Å²) >= 11 is 0. The Labute approximate surface area is 265 Å². The molecule has 0 bridgehead atoms. The van der Waals surface area contributed by atoms with E-state index in [1.165, 1.54) is 31.3 Å². The molecular formula is C37H66O5Si. The van der Waals surface area contributed by atoms with E-state index in [-0.39, 0.29) is 22.9 Å². The van der Waals surface area contributed by atoms with Crippen LogP contribution in [0.5, 0.6) is 0 Å². The van der Waals surface area contributed by atoms with Gasteiger partial charge in [-0.05, 0) is 102 Å². The summed E-state index contributed by atoms with van der Waals surface area (Å²) in [5.74, 6) is 3.10. The predicted molar refractivity (Wildman–Crippen MR) is 178 cm³/mol. The van der Waals surface area contributed by atoms with E-state index >= 15 is 0 Å². The van der Waals surface area contributed by atoms with Crippen molar-refractivity contribution in [3.05, 3.63) is 11.6 Å². The Morgan fingerprint density at radius 1 is 0.814 bits per heavy atom. The molecule has 0 aromatic carbocycles. The summed E-state index contributed by atoms with van der Waals surface area (Å²) in [6, 6.07) is 0. The van der Waals surface area contributed by atoms with E-state index in [0.29, 0.717) is 58.8 Å². The highest BCUT2D eigenvalue weighted by Gasteiger charge is 2.60. The number of rotatable bonds is 14. The fraction of sp³-hybridized carbons (Fsp3) is 0.919. The number of carbonyl (C=O) groups excluding carboxylic acids is 1. The van der Waals surface area contributed by atoms with Gasteiger partial charge in [0.2, 0.25) is 0 Å². The molecule has 6 heteroatoms. The standard InChI is InChI=1S/C37H66O5Si/c1-24(2)43(25(3)4,26(5)6)42-21-27(7)20-40-22-28(8)31-12-13-32-30-19-35(38)34-18-29(41-23-39-11)14-16-37(34,10)33(30)15-17-36(31,32)9/h19,24-29,31-34H,12-18,20-23H2,1-11H3/t27?,28-,29?,31?,32+,33?,34-,36-,37-/m1/s1. The largest absolute Gasteiger partial charge is 0.416 e. The van der Waals surface area contributed by atoms with Gasteiger partial charge in [-0.1, -0.05) is 74.8 Å². The number of carbonyl (C=O) groups is 1. The lowest BCUT2D eigenvalue weighted by atomic mass is 9.47. The first-order chi connectivity index (χ1) is 20.2. The molecule has 5 nitrogen and oxygen atoms in total. The number of methoxy groups -OCH3 is 1. The van der Waals surface area contributed by atoms with Gasteiger partial charge in [0, 0.05) is 32.2 Å². The third kappa shape index (κ3) is 6.66. The molecule has 0 radical (unpaired) electrons. The Hall–Kier alpha value is -0.533. The van der Waals surface area contributed by atoms with Gasteiger partial charge in [0.25, 0.3) is 0 Å². The minimum absolute atomic E-state index is 0.0710. The molecule has 4 unspecified atom stereocenters. The Morgan fingerprint density at radius 3 is 2.07 bits per heavy atom. The van der Waals surface area contributed by atoms with Gasteiger partial charge in [0.1, 0.15) is 6.79 Å². The molecule has 0 aliphatic heterocycles. The number of ether oxygens (including phenoxy) is 3. The molecule has 0 aromatic rings. The fourth-order valence-electron chi connectivity index (χ4n) is 11.0. The van der Waals surface area contributed by atoms with Crippen LogP contribution in [0.1, 0.15) is 114 Å². The zero-order valence-electron chi connectivity index (χ0n) is 29.7. The number of ketones is 1. The maximum absolute atomic E-state index is 13.7. The van der Waals surface area contributed by atoms with Crippen molar-refractivity contribution >= 4 is 14.1 Å². The van der Waals surface area contributed by atoms with Crippen LogP contribution in [-0.4, -0.2) is 53.9 Å². The molecule has 9 atom stereocenters. The molecule has 4 rings (SSSR count). The van der Waals surface area contributed by atoms with Gasteiger partial charge >= 0.3 is 0 Å². The van der Waals surface area contributed by atoms with Crippen LogP contribution in [-0.2, 0) is 23.4 Å². The maximum Gasteiger partial charge on any atom is 0.200 e. The van der Waals surface area contributed by atoms with E-state index in [1.807, 2.05) is 0 Å². The normalized spacial score (nSPS) is 36.0. The van der Waals surface area contributed by atoms with Gasteiger partial charge in [-0.3, -0.25) is 4.79 Å². The van der Waals surface area contributed by atoms with Crippen molar-refractivity contribution < 1.29 is 23.4 Å². The molecule has 4 aliphatic carbocycles. The number of allylic oxidation sites excluding steroid dienone is 2. The third-order valence-corrected chi connectivity index (χ3v) is 19.2. The van der Waals surface area contributed by atoms with Crippen molar-refractivity contribution in [2.45, 2.75) is 137 Å². The lowest BCUT2D eigenvalue weighted by Crippen LogP contribution is -2.53. The molecule has 0 heterocycles. The van der Waals surface area contributed by atoms with Gasteiger partial charge in [-0.2, -0.15) is 0 Å². The van der Waals surface area contributed by atoms with Crippen molar-refractivity contribution in [2.75, 3.05) is 33.7 Å². The average molecular weight is 619 g/mol. The second kappa shape index (κ2) is 14.1. The number of fused-ring (bicyclic) bond motifs is 5. The minimum atomic E-state index is -1.84. The van der Waals surface area contributed by atoms with Gasteiger partial charge in [0.15, 0.2) is 14.1 Å². The smallest absolute Gasteiger partial charge is 0.200 e. The zero-order chi connectivity index (χ0) is 31.7. The van der Waals surface area contributed by atoms with Crippen molar-refractivity contribution in [1.82, 2.24) is 0 Å². The van der Waals surface area contributed by atoms with Crippen LogP contribution >= 0.6 is 0 Å². The Bertz CT molecular complexity index is 954. The first kappa shape index (κ1) is 35.3. The molecule has 0 N–H and O–H groups in total. The van der Waals surface area contributed by atoms with Crippen molar-refractivity contribution in [3.63, 3.8) is 0 Å². The Balaban J connectivity index is 1.35. The molecule has 248 valence electrons. The predicted octanol–water partition coefficient (Wildman–Crippen LogP) is 9.21. The lowest BCUT2D eigenvalue weighted by Gasteiger charge is -2.57. The second-order valence-electron chi connectivity index (χ2n) is 16.7. The third-order valence-electron chi connectivity index (χ3n) is 13.2. The van der Waals surface area contributed by atoms with Gasteiger partial charge < -0.3 is 18.6 Å². The summed E-state index contributed by atoms with van der Waals surface area (Å²) in [7, 11) is -0.173. The molecule has 0 saturated heterocycles. The van der Waals surface area contributed by atoms with Crippen LogP contribution in [0.3, 0.4) is 0 Å². The highest BCUT2D eigenvalue weighted by molar-refractivity contribution is 6.77. The topological polar surface area (TPSA) is 54.0 Å².